The van der Waals surface area contributed by atoms with E-state index in [1.807, 2.05) is 18.2 Å². The standard InChI is InChI=1S/C25H19N3O5/c29-22(26-18-9-3-1-4-10-18)16-33-20-13-7-8-17(14-20)15-21-23(30)27-25(32)28(24(21)31)19-11-5-2-6-12-19/h1-15H,16H2,(H,26,29)(H,27,30,32)/b21-15-. The van der Waals surface area contributed by atoms with Crippen molar-refractivity contribution in [3.8, 4) is 5.75 Å². The molecule has 0 atom stereocenters. The van der Waals surface area contributed by atoms with Crippen molar-refractivity contribution < 1.29 is 23.9 Å². The molecule has 1 fully saturated rings. The maximum absolute atomic E-state index is 12.9. The Bertz CT molecular complexity index is 1240. The third kappa shape index (κ3) is 5.13. The van der Waals surface area contributed by atoms with Crippen LogP contribution >= 0.6 is 0 Å². The molecule has 1 aliphatic heterocycles. The summed E-state index contributed by atoms with van der Waals surface area (Å²) in [4.78, 5) is 50.5. The molecule has 0 aromatic heterocycles. The fourth-order valence-corrected chi connectivity index (χ4v) is 3.20. The number of carbonyl (C=O) groups excluding carboxylic acids is 4. The van der Waals surface area contributed by atoms with E-state index in [1.165, 1.54) is 6.08 Å². The summed E-state index contributed by atoms with van der Waals surface area (Å²) in [6.07, 6.45) is 1.37. The zero-order chi connectivity index (χ0) is 23.2. The normalized spacial score (nSPS) is 14.7. The van der Waals surface area contributed by atoms with Crippen molar-refractivity contribution in [1.82, 2.24) is 5.32 Å². The van der Waals surface area contributed by atoms with Crippen LogP contribution in [0.15, 0.2) is 90.5 Å². The van der Waals surface area contributed by atoms with Gasteiger partial charge in [-0.2, -0.15) is 0 Å². The van der Waals surface area contributed by atoms with Crippen LogP contribution in [0.4, 0.5) is 16.2 Å². The summed E-state index contributed by atoms with van der Waals surface area (Å²) in [6, 6.07) is 23.1. The van der Waals surface area contributed by atoms with Crippen molar-refractivity contribution >= 4 is 41.2 Å². The number of amides is 5. The lowest BCUT2D eigenvalue weighted by molar-refractivity contribution is -0.122. The SMILES string of the molecule is O=C(COc1cccc(/C=C2/C(=O)NC(=O)N(c3ccccc3)C2=O)c1)Nc1ccccc1. The van der Waals surface area contributed by atoms with Gasteiger partial charge in [0.15, 0.2) is 6.61 Å². The first kappa shape index (κ1) is 21.5. The molecule has 164 valence electrons. The number of rotatable bonds is 6. The number of hydrogen-bond acceptors (Lipinski definition) is 5. The molecule has 3 aromatic rings. The van der Waals surface area contributed by atoms with Crippen molar-refractivity contribution in [3.63, 3.8) is 0 Å². The zero-order valence-electron chi connectivity index (χ0n) is 17.4. The summed E-state index contributed by atoms with van der Waals surface area (Å²) in [6.45, 7) is -0.218. The lowest BCUT2D eigenvalue weighted by atomic mass is 10.1. The molecule has 0 aliphatic carbocycles. The number of benzene rings is 3. The predicted molar refractivity (Wildman–Crippen MR) is 122 cm³/mol. The van der Waals surface area contributed by atoms with Gasteiger partial charge < -0.3 is 10.1 Å². The molecular weight excluding hydrogens is 422 g/mol. The van der Waals surface area contributed by atoms with Gasteiger partial charge in [0.2, 0.25) is 0 Å². The number of nitrogens with zero attached hydrogens (tertiary/aromatic N) is 1. The van der Waals surface area contributed by atoms with Crippen molar-refractivity contribution in [2.75, 3.05) is 16.8 Å². The van der Waals surface area contributed by atoms with Crippen molar-refractivity contribution in [2.45, 2.75) is 0 Å². The average molecular weight is 441 g/mol. The van der Waals surface area contributed by atoms with Crippen LogP contribution in [0.2, 0.25) is 0 Å². The number of carbonyl (C=O) groups is 4. The molecule has 5 amide bonds. The minimum atomic E-state index is -0.810. The zero-order valence-corrected chi connectivity index (χ0v) is 17.4. The maximum Gasteiger partial charge on any atom is 0.335 e. The van der Waals surface area contributed by atoms with Crippen LogP contribution in [0.5, 0.6) is 5.75 Å². The van der Waals surface area contributed by atoms with Crippen LogP contribution in [0.1, 0.15) is 5.56 Å². The van der Waals surface area contributed by atoms with Crippen LogP contribution in [-0.2, 0) is 14.4 Å². The minimum absolute atomic E-state index is 0.197. The summed E-state index contributed by atoms with van der Waals surface area (Å²) in [5.74, 6) is -1.47. The molecule has 8 nitrogen and oxygen atoms in total. The lowest BCUT2D eigenvalue weighted by Crippen LogP contribution is -2.54. The summed E-state index contributed by atoms with van der Waals surface area (Å²) in [5.41, 5.74) is 1.30. The minimum Gasteiger partial charge on any atom is -0.484 e. The quantitative estimate of drug-likeness (QED) is 0.451. The van der Waals surface area contributed by atoms with E-state index < -0.39 is 17.8 Å². The van der Waals surface area contributed by atoms with E-state index >= 15 is 0 Å². The van der Waals surface area contributed by atoms with Crippen LogP contribution in [0.3, 0.4) is 0 Å². The van der Waals surface area contributed by atoms with E-state index in [-0.39, 0.29) is 18.1 Å². The summed E-state index contributed by atoms with van der Waals surface area (Å²) in [5, 5.41) is 4.90. The van der Waals surface area contributed by atoms with Crippen LogP contribution in [0.25, 0.3) is 6.08 Å². The molecule has 1 saturated heterocycles. The number of imide groups is 2. The largest absolute Gasteiger partial charge is 0.484 e. The molecule has 1 heterocycles. The third-order valence-electron chi connectivity index (χ3n) is 4.71. The first-order valence-corrected chi connectivity index (χ1v) is 10.1. The molecule has 0 spiro atoms. The molecule has 4 rings (SSSR count). The van der Waals surface area contributed by atoms with Gasteiger partial charge >= 0.3 is 6.03 Å². The number of barbiturate groups is 1. The van der Waals surface area contributed by atoms with Gasteiger partial charge in [-0.1, -0.05) is 48.5 Å². The number of hydrogen-bond donors (Lipinski definition) is 2. The molecule has 0 radical (unpaired) electrons. The molecule has 3 aromatic carbocycles. The van der Waals surface area contributed by atoms with Gasteiger partial charge in [-0.3, -0.25) is 19.7 Å². The van der Waals surface area contributed by atoms with Crippen molar-refractivity contribution in [1.29, 1.82) is 0 Å². The average Bonchev–Trinajstić information content (AvgIpc) is 2.82. The Hall–Kier alpha value is -4.72. The topological polar surface area (TPSA) is 105 Å². The Morgan fingerprint density at radius 3 is 2.33 bits per heavy atom. The van der Waals surface area contributed by atoms with Gasteiger partial charge in [-0.15, -0.1) is 0 Å². The van der Waals surface area contributed by atoms with E-state index in [2.05, 4.69) is 10.6 Å². The van der Waals surface area contributed by atoms with Gasteiger partial charge in [-0.25, -0.2) is 9.69 Å². The predicted octanol–water partition coefficient (Wildman–Crippen LogP) is 3.37. The number of anilines is 2. The first-order valence-electron chi connectivity index (χ1n) is 10.1. The molecule has 1 aliphatic rings. The highest BCUT2D eigenvalue weighted by atomic mass is 16.5. The van der Waals surface area contributed by atoms with Gasteiger partial charge in [0.1, 0.15) is 11.3 Å². The smallest absolute Gasteiger partial charge is 0.335 e. The lowest BCUT2D eigenvalue weighted by Gasteiger charge is -2.26. The Balaban J connectivity index is 1.48. The highest BCUT2D eigenvalue weighted by molar-refractivity contribution is 6.39. The fourth-order valence-electron chi connectivity index (χ4n) is 3.20. The number of urea groups is 1. The second-order valence-electron chi connectivity index (χ2n) is 7.07. The molecule has 8 heteroatoms. The Labute approximate surface area is 189 Å². The number of nitrogens with one attached hydrogen (secondary N) is 2. The molecule has 0 saturated carbocycles. The number of ether oxygens (including phenoxy) is 1. The van der Waals surface area contributed by atoms with E-state index in [9.17, 15) is 19.2 Å². The van der Waals surface area contributed by atoms with E-state index in [0.717, 1.165) is 4.90 Å². The summed E-state index contributed by atoms with van der Waals surface area (Å²) in [7, 11) is 0. The van der Waals surface area contributed by atoms with Crippen molar-refractivity contribution in [3.05, 3.63) is 96.1 Å². The van der Waals surface area contributed by atoms with Crippen LogP contribution < -0.4 is 20.3 Å². The molecular formula is C25H19N3O5. The summed E-state index contributed by atoms with van der Waals surface area (Å²) < 4.78 is 5.54. The third-order valence-corrected chi connectivity index (χ3v) is 4.71. The Morgan fingerprint density at radius 1 is 0.909 bits per heavy atom. The van der Waals surface area contributed by atoms with Crippen LogP contribution in [-0.4, -0.2) is 30.4 Å². The highest BCUT2D eigenvalue weighted by Crippen LogP contribution is 2.22. The second-order valence-corrected chi connectivity index (χ2v) is 7.07. The Morgan fingerprint density at radius 2 is 1.61 bits per heavy atom. The second kappa shape index (κ2) is 9.61. The van der Waals surface area contributed by atoms with Gasteiger partial charge in [0, 0.05) is 5.69 Å². The van der Waals surface area contributed by atoms with E-state index in [0.29, 0.717) is 22.7 Å². The molecule has 2 N–H and O–H groups in total. The highest BCUT2D eigenvalue weighted by Gasteiger charge is 2.36. The number of para-hydroxylation sites is 2. The van der Waals surface area contributed by atoms with Gasteiger partial charge in [-0.05, 0) is 48.0 Å². The molecule has 0 bridgehead atoms. The summed E-state index contributed by atoms with van der Waals surface area (Å²) >= 11 is 0. The Kier molecular flexibility index (Phi) is 6.26. The van der Waals surface area contributed by atoms with Crippen molar-refractivity contribution in [2.24, 2.45) is 0 Å². The van der Waals surface area contributed by atoms with E-state index in [4.69, 9.17) is 4.74 Å². The molecule has 0 unspecified atom stereocenters. The van der Waals surface area contributed by atoms with Gasteiger partial charge in [0.25, 0.3) is 17.7 Å². The maximum atomic E-state index is 12.9. The fraction of sp³-hybridized carbons (Fsp3) is 0.0400. The monoisotopic (exact) mass is 441 g/mol. The van der Waals surface area contributed by atoms with Crippen LogP contribution in [0, 0.1) is 0 Å². The van der Waals surface area contributed by atoms with E-state index in [1.54, 1.807) is 66.7 Å². The van der Waals surface area contributed by atoms with Gasteiger partial charge in [0.05, 0.1) is 5.69 Å². The first-order chi connectivity index (χ1) is 16.0. The molecule has 33 heavy (non-hydrogen) atoms.